The molecule has 0 aromatic carbocycles. The largest absolute Gasteiger partial charge is 0.397 e. The Morgan fingerprint density at radius 3 is 0.772 bits per heavy atom. The first-order chi connectivity index (χ1) is 58.6. The van der Waals surface area contributed by atoms with Crippen molar-refractivity contribution < 1.29 is 272 Å². The van der Waals surface area contributed by atoms with Gasteiger partial charge in [-0.05, 0) is 0 Å². The van der Waals surface area contributed by atoms with Gasteiger partial charge in [-0.3, -0.25) is 34.9 Å². The molecule has 0 aromatic heterocycles. The molecule has 0 saturated carbocycles. The van der Waals surface area contributed by atoms with Gasteiger partial charge in [-0.2, -0.15) is 33.7 Å². The monoisotopic (exact) mass is 1970 g/mol. The summed E-state index contributed by atoms with van der Waals surface area (Å²) in [5.74, 6) is 0. The summed E-state index contributed by atoms with van der Waals surface area (Å²) in [6, 6.07) is 0. The maximum atomic E-state index is 13.1. The molecule has 0 amide bonds. The van der Waals surface area contributed by atoms with E-state index in [4.69, 9.17) is 170 Å². The summed E-state index contributed by atoms with van der Waals surface area (Å²) in [5, 5.41) is 61.3. The van der Waals surface area contributed by atoms with Crippen molar-refractivity contribution in [3.8, 4) is 0 Å². The van der Waals surface area contributed by atoms with Gasteiger partial charge < -0.3 is 134 Å². The number of aliphatic hydroxyl groups is 1. The number of aliphatic hydroxyl groups excluding tert-OH is 1. The number of nitrogens with two attached hydrogens (primary N) is 1. The van der Waals surface area contributed by atoms with Crippen molar-refractivity contribution in [1.82, 2.24) is 0 Å². The lowest BCUT2D eigenvalue weighted by molar-refractivity contribution is -0.437. The quantitative estimate of drug-likeness (QED) is 0.00903. The van der Waals surface area contributed by atoms with Gasteiger partial charge in [0.05, 0.1) is 39.6 Å². The lowest BCUT2D eigenvalue weighted by Gasteiger charge is -2.52. The highest BCUT2D eigenvalue weighted by Crippen LogP contribution is 2.44. The van der Waals surface area contributed by atoms with E-state index in [1.165, 1.54) is 78.2 Å². The first-order valence-electron chi connectivity index (χ1n) is 35.0. The molecular weight excluding hydrogens is 1880 g/mol. The molecule has 7 saturated heterocycles. The number of methoxy groups -OCH3 is 13. The zero-order chi connectivity index (χ0) is 90.7. The van der Waals surface area contributed by atoms with Crippen molar-refractivity contribution in [2.24, 2.45) is 5.73 Å². The van der Waals surface area contributed by atoms with Gasteiger partial charge in [0, 0.05) is 99.0 Å². The molecule has 7 heterocycles. The number of rotatable bonds is 56. The van der Waals surface area contributed by atoms with E-state index in [1.807, 2.05) is 0 Å². The van der Waals surface area contributed by atoms with Crippen LogP contribution in [0.25, 0.3) is 0 Å². The standard InChI is InChI=1S/C55H99NO59S8/c1-74-15-22-29(37(79-6)44(84-11)51(92-22)99-30-23(16-75-2)93-52(45(85-12)38(30)80-7)100-31-24(17-76-3)94-53(46(86-13)39(31)81-8)101-32-25(18-87-120(62,63)64)90-49(57)42(82-9)35(32)77-4)98-50-43(83-10)36(78-5)28(21(14-56)91-50)97-55-48(107-123(71,72)73)40(104-117-113-109-59)33(26(95-55)19-88-121(65,66)67)102-54-47(106-119-115-111-61)41(105-118-114-110-60)34(103-116-112-108-58)27(96-54)20-89-122(68,69)70/h21-55,57-61H,14-20,56H2,1-13H3,(H,62,63,64)(H,65,66,67)(H,68,69,70)(H,71,72,73)/t21?,22?,23-,24-,25?,26-,27-,28+,29+,30+,31+,32+,33+,34+,35-,36-,37-,38?,39?,40?,41?,42?,43?,44?,45?,46?,47?,48?,49+,50+,51-,52+,53-,54+,55-/m0/s1. The minimum Gasteiger partial charge on any atom is -0.382 e. The highest BCUT2D eigenvalue weighted by atomic mass is 32.3. The average Bonchev–Trinajstić information content (AvgIpc) is 0.760. The van der Waals surface area contributed by atoms with E-state index in [2.05, 4.69) is 45.9 Å². The topological polar surface area (TPSA) is 732 Å². The minimum atomic E-state index is -5.92. The predicted octanol–water partition coefficient (Wildman–Crippen LogP) is -4.46. The summed E-state index contributed by atoms with van der Waals surface area (Å²) in [6.45, 7) is -5.22. The van der Waals surface area contributed by atoms with E-state index in [0.717, 1.165) is 14.2 Å². The summed E-state index contributed by atoms with van der Waals surface area (Å²) in [6.07, 6.45) is -58.1. The number of hydrogen-bond acceptors (Lipinski definition) is 60. The van der Waals surface area contributed by atoms with Crippen LogP contribution in [0.15, 0.2) is 0 Å². The van der Waals surface area contributed by atoms with Gasteiger partial charge >= 0.3 is 41.6 Å². The Bertz CT molecular complexity index is 3450. The molecule has 14 unspecified atom stereocenters. The second-order valence-corrected chi connectivity index (χ2v) is 31.9. The fourth-order valence-electron chi connectivity index (χ4n) is 14.2. The molecule has 123 heavy (non-hydrogen) atoms. The van der Waals surface area contributed by atoms with E-state index in [1.54, 1.807) is 0 Å². The smallest absolute Gasteiger partial charge is 0.382 e. The molecule has 68 heteroatoms. The van der Waals surface area contributed by atoms with Gasteiger partial charge in [-0.25, -0.2) is 37.8 Å². The highest BCUT2D eigenvalue weighted by Gasteiger charge is 2.63. The molecule has 0 bridgehead atoms. The molecule has 0 spiro atoms. The Labute approximate surface area is 718 Å². The third-order valence-corrected chi connectivity index (χ3v) is 22.5. The van der Waals surface area contributed by atoms with Crippen molar-refractivity contribution >= 4 is 90.9 Å². The first kappa shape index (κ1) is 109. The van der Waals surface area contributed by atoms with Crippen LogP contribution in [0.4, 0.5) is 0 Å². The predicted molar refractivity (Wildman–Crippen MR) is 383 cm³/mol. The van der Waals surface area contributed by atoms with Gasteiger partial charge in [0.2, 0.25) is 0 Å². The van der Waals surface area contributed by atoms with Crippen molar-refractivity contribution in [2.45, 2.75) is 215 Å². The number of hydrogen-bond donors (Lipinski definition) is 10. The summed E-state index contributed by atoms with van der Waals surface area (Å²) in [4.78, 5) is 0. The zero-order valence-corrected chi connectivity index (χ0v) is 73.0. The lowest BCUT2D eigenvalue weighted by atomic mass is 9.94. The molecule has 0 aliphatic carbocycles. The summed E-state index contributed by atoms with van der Waals surface area (Å²) in [5.41, 5.74) is 6.44. The van der Waals surface area contributed by atoms with Crippen LogP contribution in [-0.2, 0) is 236 Å². The Hall–Kier alpha value is -0.880. The van der Waals surface area contributed by atoms with Gasteiger partial charge in [0.15, 0.2) is 106 Å². The summed E-state index contributed by atoms with van der Waals surface area (Å²) >= 11 is -1.25. The highest BCUT2D eigenvalue weighted by molar-refractivity contribution is 7.90. The van der Waals surface area contributed by atoms with E-state index < -0.39 is 295 Å². The Morgan fingerprint density at radius 2 is 0.496 bits per heavy atom. The molecule has 11 N–H and O–H groups in total. The van der Waals surface area contributed by atoms with Crippen molar-refractivity contribution in [2.75, 3.05) is 139 Å². The van der Waals surface area contributed by atoms with E-state index >= 15 is 0 Å². The Balaban J connectivity index is 1.19. The molecule has 60 nitrogen and oxygen atoms in total. The van der Waals surface area contributed by atoms with Crippen LogP contribution in [0, 0.1) is 0 Å². The van der Waals surface area contributed by atoms with E-state index in [-0.39, 0.29) is 56.8 Å². The molecule has 7 fully saturated rings. The Kier molecular flexibility index (Phi) is 47.3. The third-order valence-electron chi connectivity index (χ3n) is 19.1. The minimum absolute atomic E-state index is 0.234. The van der Waals surface area contributed by atoms with Crippen LogP contribution >= 0.6 is 49.3 Å². The fourth-order valence-corrected chi connectivity index (χ4v) is 17.1. The SMILES string of the molecule is COCC1O[C@@H](O[C@H]2C(OC)C(OC)[C@@H](O[C@H]3C(OC)C(OC)[C@H](O[C@@H]4C(COS(=O)(=O)O)O[C@@H](O)C(OC)[C@H]4OC)O[C@H]3COC)O[C@H]2COC)C(OC)[C@@H](OC)[C@@H]1O[C@H]1OC(CN)[C@@H](O[C@@H]2O[C@@H](COS(=O)(=O)O)[C@@H](O[C@H]3O[C@@H](COS(=O)(=O)O)[C@@H](OSOOO)C(OSOOO)C3OSOOO)C(OSOOO)C2OS(=O)(=O)O)[C@H](OC)C1OC. The van der Waals surface area contributed by atoms with Gasteiger partial charge in [0.25, 0.3) is 0 Å². The van der Waals surface area contributed by atoms with E-state index in [9.17, 15) is 62.2 Å². The maximum absolute atomic E-state index is 13.1. The second-order valence-electron chi connectivity index (χ2n) is 25.7. The Morgan fingerprint density at radius 1 is 0.268 bits per heavy atom. The molecule has 0 aromatic rings. The molecular formula is C55H99NO59S8. The van der Waals surface area contributed by atoms with Crippen molar-refractivity contribution in [3.63, 3.8) is 0 Å². The van der Waals surface area contributed by atoms with Crippen molar-refractivity contribution in [3.05, 3.63) is 0 Å². The lowest BCUT2D eigenvalue weighted by Crippen LogP contribution is -2.69. The first-order valence-corrected chi connectivity index (χ1v) is 43.1. The molecule has 7 rings (SSSR count). The molecule has 7 aliphatic heterocycles. The second kappa shape index (κ2) is 53.3. The molecule has 35 atom stereocenters. The molecule has 0 radical (unpaired) electrons. The normalized spacial score (nSPS) is 38.8. The average molecular weight is 1970 g/mol. The van der Waals surface area contributed by atoms with Crippen LogP contribution < -0.4 is 5.73 Å². The van der Waals surface area contributed by atoms with Crippen LogP contribution in [0.2, 0.25) is 0 Å². The maximum Gasteiger partial charge on any atom is 0.397 e. The fraction of sp³-hybridized carbons (Fsp3) is 1.00. The molecule has 7 aliphatic rings. The van der Waals surface area contributed by atoms with Gasteiger partial charge in [0.1, 0.15) is 159 Å². The van der Waals surface area contributed by atoms with Crippen molar-refractivity contribution in [1.29, 1.82) is 0 Å². The van der Waals surface area contributed by atoms with Crippen LogP contribution in [0.1, 0.15) is 0 Å². The third kappa shape index (κ3) is 30.6. The van der Waals surface area contributed by atoms with E-state index in [0.29, 0.717) is 0 Å². The van der Waals surface area contributed by atoms with Gasteiger partial charge in [-0.1, -0.05) is 20.2 Å². The van der Waals surface area contributed by atoms with Gasteiger partial charge in [-0.15, -0.1) is 17.3 Å². The zero-order valence-electron chi connectivity index (χ0n) is 66.4. The number of ether oxygens (including phenoxy) is 26. The summed E-state index contributed by atoms with van der Waals surface area (Å²) < 4.78 is 357. The van der Waals surface area contributed by atoms with Crippen LogP contribution in [-0.4, -0.2) is 432 Å². The molecule has 726 valence electrons. The van der Waals surface area contributed by atoms with Crippen LogP contribution in [0.3, 0.4) is 0 Å². The summed E-state index contributed by atoms with van der Waals surface area (Å²) in [7, 11) is -5.40. The van der Waals surface area contributed by atoms with Crippen LogP contribution in [0.5, 0.6) is 0 Å².